The van der Waals surface area contributed by atoms with Crippen molar-refractivity contribution >= 4 is 23.2 Å². The summed E-state index contributed by atoms with van der Waals surface area (Å²) in [6.07, 6.45) is 0.315. The molecule has 1 atom stereocenters. The summed E-state index contributed by atoms with van der Waals surface area (Å²) < 4.78 is 5.18. The molecule has 1 fully saturated rings. The fourth-order valence-electron chi connectivity index (χ4n) is 2.45. The van der Waals surface area contributed by atoms with Gasteiger partial charge in [0.2, 0.25) is 11.8 Å². The molecule has 2 amide bonds. The molecule has 1 aliphatic rings. The normalized spacial score (nSPS) is 17.1. The van der Waals surface area contributed by atoms with Crippen LogP contribution in [0.3, 0.4) is 0 Å². The average Bonchev–Trinajstić information content (AvgIpc) is 2.86. The van der Waals surface area contributed by atoms with Crippen LogP contribution in [-0.2, 0) is 9.59 Å². The van der Waals surface area contributed by atoms with E-state index in [0.717, 1.165) is 0 Å². The van der Waals surface area contributed by atoms with Gasteiger partial charge in [0.05, 0.1) is 18.5 Å². The molecule has 1 unspecified atom stereocenters. The van der Waals surface area contributed by atoms with Gasteiger partial charge in [-0.25, -0.2) is 0 Å². The van der Waals surface area contributed by atoms with Crippen molar-refractivity contribution in [1.82, 2.24) is 0 Å². The molecule has 0 aliphatic carbocycles. The van der Waals surface area contributed by atoms with Gasteiger partial charge in [0.15, 0.2) is 0 Å². The number of carbonyl (C=O) groups is 2. The summed E-state index contributed by atoms with van der Waals surface area (Å²) in [5, 5.41) is 6.24. The molecule has 1 aromatic carbocycles. The van der Waals surface area contributed by atoms with E-state index in [0.29, 0.717) is 30.1 Å². The predicted octanol–water partition coefficient (Wildman–Crippen LogP) is 2.32. The number of amides is 2. The van der Waals surface area contributed by atoms with Gasteiger partial charge < -0.3 is 15.0 Å². The Hall–Kier alpha value is -2.73. The van der Waals surface area contributed by atoms with E-state index in [-0.39, 0.29) is 24.3 Å². The van der Waals surface area contributed by atoms with Gasteiger partial charge in [-0.15, -0.1) is 0 Å². The third-order valence-corrected chi connectivity index (χ3v) is 3.41. The average molecular weight is 303 g/mol. The van der Waals surface area contributed by atoms with Gasteiger partial charge in [-0.2, -0.15) is 0 Å². The molecule has 0 aromatic heterocycles. The molecule has 2 rings (SSSR count). The highest BCUT2D eigenvalue weighted by atomic mass is 16.5. The Morgan fingerprint density at radius 2 is 2.36 bits per heavy atom. The molecule has 1 heterocycles. The van der Waals surface area contributed by atoms with E-state index < -0.39 is 0 Å². The SMILES string of the molecule is COc1ccc(NC(C)=O)c(N2CC(CN=[N+]=[N-])CC2=O)c1. The highest BCUT2D eigenvalue weighted by molar-refractivity contribution is 6.02. The number of rotatable bonds is 5. The van der Waals surface area contributed by atoms with Gasteiger partial charge in [-0.1, -0.05) is 5.11 Å². The van der Waals surface area contributed by atoms with Crippen LogP contribution in [-0.4, -0.2) is 32.0 Å². The van der Waals surface area contributed by atoms with Crippen LogP contribution in [0.5, 0.6) is 5.75 Å². The number of hydrogen-bond donors (Lipinski definition) is 1. The Bertz CT molecular complexity index is 639. The standard InChI is InChI=1S/C14H17N5O3/c1-9(20)17-12-4-3-11(22-2)6-13(12)19-8-10(5-14(19)21)7-16-18-15/h3-4,6,10H,5,7-8H2,1-2H3,(H,17,20). The lowest BCUT2D eigenvalue weighted by molar-refractivity contribution is -0.117. The molecular weight excluding hydrogens is 286 g/mol. The van der Waals surface area contributed by atoms with Gasteiger partial charge in [-0.05, 0) is 23.6 Å². The number of carbonyl (C=O) groups excluding carboxylic acids is 2. The lowest BCUT2D eigenvalue weighted by Crippen LogP contribution is -2.26. The van der Waals surface area contributed by atoms with E-state index >= 15 is 0 Å². The van der Waals surface area contributed by atoms with Crippen molar-refractivity contribution in [2.45, 2.75) is 13.3 Å². The van der Waals surface area contributed by atoms with Crippen molar-refractivity contribution in [3.8, 4) is 5.75 Å². The summed E-state index contributed by atoms with van der Waals surface area (Å²) in [5.74, 6) is 0.275. The zero-order valence-electron chi connectivity index (χ0n) is 12.4. The van der Waals surface area contributed by atoms with Crippen LogP contribution in [0.25, 0.3) is 10.4 Å². The number of methoxy groups -OCH3 is 1. The van der Waals surface area contributed by atoms with Gasteiger partial charge >= 0.3 is 0 Å². The Kier molecular flexibility index (Phi) is 4.85. The summed E-state index contributed by atoms with van der Waals surface area (Å²) >= 11 is 0. The molecule has 1 aromatic rings. The van der Waals surface area contributed by atoms with Crippen LogP contribution in [0.1, 0.15) is 13.3 Å². The Balaban J connectivity index is 2.31. The van der Waals surface area contributed by atoms with Crippen molar-refractivity contribution < 1.29 is 14.3 Å². The van der Waals surface area contributed by atoms with Crippen molar-refractivity contribution in [2.75, 3.05) is 30.4 Å². The summed E-state index contributed by atoms with van der Waals surface area (Å²) in [4.78, 5) is 27.9. The van der Waals surface area contributed by atoms with Gasteiger partial charge in [0.25, 0.3) is 0 Å². The summed E-state index contributed by atoms with van der Waals surface area (Å²) in [6.45, 7) is 2.13. The topological polar surface area (TPSA) is 107 Å². The quantitative estimate of drug-likeness (QED) is 0.512. The lowest BCUT2D eigenvalue weighted by atomic mass is 10.1. The molecule has 8 heteroatoms. The van der Waals surface area contributed by atoms with Crippen LogP contribution in [0.2, 0.25) is 0 Å². The van der Waals surface area contributed by atoms with E-state index in [9.17, 15) is 9.59 Å². The Labute approximate surface area is 127 Å². The van der Waals surface area contributed by atoms with E-state index in [4.69, 9.17) is 10.3 Å². The Morgan fingerprint density at radius 1 is 1.59 bits per heavy atom. The molecule has 8 nitrogen and oxygen atoms in total. The molecular formula is C14H17N5O3. The number of azide groups is 1. The van der Waals surface area contributed by atoms with Gasteiger partial charge in [0, 0.05) is 37.4 Å². The summed E-state index contributed by atoms with van der Waals surface area (Å²) in [5.41, 5.74) is 9.52. The molecule has 0 bridgehead atoms. The number of nitrogens with one attached hydrogen (secondary N) is 1. The van der Waals surface area contributed by atoms with Gasteiger partial charge in [-0.3, -0.25) is 9.59 Å². The second-order valence-corrected chi connectivity index (χ2v) is 5.05. The lowest BCUT2D eigenvalue weighted by Gasteiger charge is -2.21. The zero-order chi connectivity index (χ0) is 16.1. The van der Waals surface area contributed by atoms with Crippen molar-refractivity contribution in [2.24, 2.45) is 11.0 Å². The summed E-state index contributed by atoms with van der Waals surface area (Å²) in [7, 11) is 1.54. The van der Waals surface area contributed by atoms with E-state index in [2.05, 4.69) is 15.3 Å². The third kappa shape index (κ3) is 3.48. The maximum atomic E-state index is 12.2. The van der Waals surface area contributed by atoms with Gasteiger partial charge in [0.1, 0.15) is 5.75 Å². The molecule has 1 N–H and O–H groups in total. The fraction of sp³-hybridized carbons (Fsp3) is 0.429. The first-order chi connectivity index (χ1) is 10.5. The molecule has 0 spiro atoms. The zero-order valence-corrected chi connectivity index (χ0v) is 12.4. The molecule has 1 saturated heterocycles. The minimum atomic E-state index is -0.219. The molecule has 22 heavy (non-hydrogen) atoms. The highest BCUT2D eigenvalue weighted by Gasteiger charge is 2.31. The second kappa shape index (κ2) is 6.82. The largest absolute Gasteiger partial charge is 0.497 e. The molecule has 1 aliphatic heterocycles. The molecule has 116 valence electrons. The maximum Gasteiger partial charge on any atom is 0.227 e. The van der Waals surface area contributed by atoms with E-state index in [1.54, 1.807) is 23.1 Å². The van der Waals surface area contributed by atoms with Crippen LogP contribution in [0.4, 0.5) is 11.4 Å². The minimum Gasteiger partial charge on any atom is -0.497 e. The molecule has 0 radical (unpaired) electrons. The van der Waals surface area contributed by atoms with Crippen molar-refractivity contribution in [3.05, 3.63) is 28.6 Å². The third-order valence-electron chi connectivity index (χ3n) is 3.41. The molecule has 0 saturated carbocycles. The van der Waals surface area contributed by atoms with E-state index in [1.807, 2.05) is 0 Å². The maximum absolute atomic E-state index is 12.2. The fourth-order valence-corrected chi connectivity index (χ4v) is 2.45. The first kappa shape index (κ1) is 15.7. The van der Waals surface area contributed by atoms with Crippen LogP contribution >= 0.6 is 0 Å². The van der Waals surface area contributed by atoms with E-state index in [1.165, 1.54) is 14.0 Å². The first-order valence-corrected chi connectivity index (χ1v) is 6.82. The predicted molar refractivity (Wildman–Crippen MR) is 81.8 cm³/mol. The number of benzene rings is 1. The smallest absolute Gasteiger partial charge is 0.227 e. The van der Waals surface area contributed by atoms with Crippen molar-refractivity contribution in [1.29, 1.82) is 0 Å². The second-order valence-electron chi connectivity index (χ2n) is 5.05. The Morgan fingerprint density at radius 3 is 3.00 bits per heavy atom. The summed E-state index contributed by atoms with van der Waals surface area (Å²) in [6, 6.07) is 5.12. The van der Waals surface area contributed by atoms with Crippen LogP contribution in [0, 0.1) is 5.92 Å². The number of nitrogens with zero attached hydrogens (tertiary/aromatic N) is 4. The first-order valence-electron chi connectivity index (χ1n) is 6.82. The highest BCUT2D eigenvalue weighted by Crippen LogP contribution is 2.34. The number of hydrogen-bond acceptors (Lipinski definition) is 4. The van der Waals surface area contributed by atoms with Crippen LogP contribution < -0.4 is 15.0 Å². The van der Waals surface area contributed by atoms with Crippen LogP contribution in [0.15, 0.2) is 23.3 Å². The monoisotopic (exact) mass is 303 g/mol. The number of ether oxygens (including phenoxy) is 1. The van der Waals surface area contributed by atoms with Crippen molar-refractivity contribution in [3.63, 3.8) is 0 Å². The number of anilines is 2. The minimum absolute atomic E-state index is 0.0280.